The van der Waals surface area contributed by atoms with Gasteiger partial charge in [-0.05, 0) is 15.9 Å². The highest BCUT2D eigenvalue weighted by Gasteiger charge is 2.12. The summed E-state index contributed by atoms with van der Waals surface area (Å²) in [4.78, 5) is 14.6. The minimum atomic E-state index is -0.633. The summed E-state index contributed by atoms with van der Waals surface area (Å²) in [5, 5.41) is 0. The number of amides is 1. The molecule has 0 bridgehead atoms. The molecule has 1 rings (SSSR count). The molecule has 1 amide bonds. The molecule has 5 nitrogen and oxygen atoms in total. The topological polar surface area (TPSA) is 108 Å². The van der Waals surface area contributed by atoms with Gasteiger partial charge in [0.05, 0.1) is 11.3 Å². The number of nitrogen functional groups attached to an aromatic ring is 2. The summed E-state index contributed by atoms with van der Waals surface area (Å²) >= 11 is 3.03. The fourth-order valence-electron chi connectivity index (χ4n) is 0.796. The number of hydrogen-bond donors (Lipinski definition) is 3. The lowest BCUT2D eigenvalue weighted by Crippen LogP contribution is -2.15. The number of pyridine rings is 1. The first-order valence-corrected chi connectivity index (χ1v) is 3.83. The molecular formula is C6H7BrN4O. The molecule has 1 heterocycles. The predicted octanol–water partition coefficient (Wildman–Crippen LogP) is 0.107. The summed E-state index contributed by atoms with van der Waals surface area (Å²) in [7, 11) is 0. The Balaban J connectivity index is 3.38. The van der Waals surface area contributed by atoms with Crippen LogP contribution in [0.2, 0.25) is 0 Å². The molecule has 0 saturated carbocycles. The number of nitrogens with two attached hydrogens (primary N) is 3. The Morgan fingerprint density at radius 2 is 2.08 bits per heavy atom. The van der Waals surface area contributed by atoms with Gasteiger partial charge in [0, 0.05) is 6.07 Å². The molecule has 0 aliphatic heterocycles. The molecule has 0 aliphatic carbocycles. The first kappa shape index (κ1) is 8.79. The number of primary amides is 1. The number of aromatic nitrogens is 1. The van der Waals surface area contributed by atoms with Crippen LogP contribution in [0, 0.1) is 0 Å². The van der Waals surface area contributed by atoms with Gasteiger partial charge in [-0.1, -0.05) is 0 Å². The van der Waals surface area contributed by atoms with Crippen molar-refractivity contribution < 1.29 is 4.79 Å². The van der Waals surface area contributed by atoms with E-state index >= 15 is 0 Å². The SMILES string of the molecule is NC(=O)c1c(N)cc(N)nc1Br. The minimum absolute atomic E-state index is 0.157. The lowest BCUT2D eigenvalue weighted by Gasteiger charge is -2.03. The van der Waals surface area contributed by atoms with Gasteiger partial charge >= 0.3 is 0 Å². The zero-order chi connectivity index (χ0) is 9.30. The number of anilines is 2. The van der Waals surface area contributed by atoms with Gasteiger partial charge in [0.1, 0.15) is 10.4 Å². The van der Waals surface area contributed by atoms with E-state index in [2.05, 4.69) is 20.9 Å². The highest BCUT2D eigenvalue weighted by atomic mass is 79.9. The van der Waals surface area contributed by atoms with Crippen LogP contribution in [0.3, 0.4) is 0 Å². The fourth-order valence-corrected chi connectivity index (χ4v) is 1.43. The molecule has 1 aromatic heterocycles. The van der Waals surface area contributed by atoms with Crippen LogP contribution in [0.25, 0.3) is 0 Å². The largest absolute Gasteiger partial charge is 0.398 e. The van der Waals surface area contributed by atoms with E-state index in [4.69, 9.17) is 17.2 Å². The number of halogens is 1. The third kappa shape index (κ3) is 1.48. The number of nitrogens with zero attached hydrogens (tertiary/aromatic N) is 1. The van der Waals surface area contributed by atoms with Gasteiger partial charge in [0.25, 0.3) is 5.91 Å². The highest BCUT2D eigenvalue weighted by Crippen LogP contribution is 2.21. The van der Waals surface area contributed by atoms with Crippen LogP contribution in [0.5, 0.6) is 0 Å². The van der Waals surface area contributed by atoms with Crippen molar-refractivity contribution in [2.45, 2.75) is 0 Å². The Bertz CT molecular complexity index is 315. The second-order valence-corrected chi connectivity index (χ2v) is 2.92. The van der Waals surface area contributed by atoms with E-state index in [-0.39, 0.29) is 21.7 Å². The van der Waals surface area contributed by atoms with Crippen LogP contribution >= 0.6 is 15.9 Å². The van der Waals surface area contributed by atoms with Gasteiger partial charge in [0.2, 0.25) is 0 Å². The Labute approximate surface area is 77.1 Å². The van der Waals surface area contributed by atoms with Crippen LogP contribution < -0.4 is 17.2 Å². The smallest absolute Gasteiger partial charge is 0.253 e. The normalized spacial score (nSPS) is 9.75. The van der Waals surface area contributed by atoms with Gasteiger partial charge in [-0.25, -0.2) is 4.98 Å². The molecule has 64 valence electrons. The van der Waals surface area contributed by atoms with E-state index in [1.54, 1.807) is 0 Å². The third-order valence-electron chi connectivity index (χ3n) is 1.27. The van der Waals surface area contributed by atoms with E-state index in [1.807, 2.05) is 0 Å². The van der Waals surface area contributed by atoms with Crippen LogP contribution in [-0.4, -0.2) is 10.9 Å². The Morgan fingerprint density at radius 3 is 2.50 bits per heavy atom. The first-order chi connectivity index (χ1) is 5.52. The molecule has 0 unspecified atom stereocenters. The van der Waals surface area contributed by atoms with Crippen molar-refractivity contribution in [2.75, 3.05) is 11.5 Å². The van der Waals surface area contributed by atoms with Gasteiger partial charge in [-0.15, -0.1) is 0 Å². The Morgan fingerprint density at radius 1 is 1.50 bits per heavy atom. The van der Waals surface area contributed by atoms with Crippen LogP contribution in [-0.2, 0) is 0 Å². The molecule has 0 fully saturated rings. The molecule has 6 heteroatoms. The minimum Gasteiger partial charge on any atom is -0.398 e. The summed E-state index contributed by atoms with van der Waals surface area (Å²) in [6.45, 7) is 0. The van der Waals surface area contributed by atoms with Crippen molar-refractivity contribution in [1.29, 1.82) is 0 Å². The lowest BCUT2D eigenvalue weighted by molar-refractivity contribution is 0.1000. The van der Waals surface area contributed by atoms with Crippen molar-refractivity contribution in [3.8, 4) is 0 Å². The van der Waals surface area contributed by atoms with Crippen LogP contribution in [0.4, 0.5) is 11.5 Å². The summed E-state index contributed by atoms with van der Waals surface area (Å²) in [6, 6.07) is 1.38. The highest BCUT2D eigenvalue weighted by molar-refractivity contribution is 9.10. The Kier molecular flexibility index (Phi) is 2.18. The zero-order valence-electron chi connectivity index (χ0n) is 6.04. The number of carbonyl (C=O) groups excluding carboxylic acids is 1. The first-order valence-electron chi connectivity index (χ1n) is 3.03. The molecule has 0 radical (unpaired) electrons. The monoisotopic (exact) mass is 230 g/mol. The summed E-state index contributed by atoms with van der Waals surface area (Å²) in [5.74, 6) is -0.392. The second-order valence-electron chi connectivity index (χ2n) is 2.17. The molecule has 6 N–H and O–H groups in total. The van der Waals surface area contributed by atoms with E-state index in [9.17, 15) is 4.79 Å². The van der Waals surface area contributed by atoms with Gasteiger partial charge in [-0.2, -0.15) is 0 Å². The zero-order valence-corrected chi connectivity index (χ0v) is 7.63. The number of hydrogen-bond acceptors (Lipinski definition) is 4. The average Bonchev–Trinajstić information content (AvgIpc) is 1.82. The second kappa shape index (κ2) is 2.98. The standard InChI is InChI=1S/C6H7BrN4O/c7-5-4(6(10)12)2(8)1-3(9)11-5/h1H,(H2,10,12)(H4,8,9,11). The summed E-state index contributed by atoms with van der Waals surface area (Å²) < 4.78 is 0.271. The predicted molar refractivity (Wildman–Crippen MR) is 49.3 cm³/mol. The average molecular weight is 231 g/mol. The quantitative estimate of drug-likeness (QED) is 0.596. The molecule has 0 atom stereocenters. The van der Waals surface area contributed by atoms with Crippen molar-refractivity contribution in [1.82, 2.24) is 4.98 Å². The van der Waals surface area contributed by atoms with Crippen LogP contribution in [0.15, 0.2) is 10.7 Å². The maximum Gasteiger partial charge on any atom is 0.253 e. The molecular weight excluding hydrogens is 224 g/mol. The molecule has 1 aromatic rings. The van der Waals surface area contributed by atoms with Gasteiger partial charge in [0.15, 0.2) is 0 Å². The van der Waals surface area contributed by atoms with Gasteiger partial charge in [-0.3, -0.25) is 4.79 Å². The molecule has 0 aromatic carbocycles. The number of rotatable bonds is 1. The van der Waals surface area contributed by atoms with E-state index in [0.717, 1.165) is 0 Å². The third-order valence-corrected chi connectivity index (χ3v) is 1.85. The van der Waals surface area contributed by atoms with Crippen molar-refractivity contribution >= 4 is 33.3 Å². The summed E-state index contributed by atoms with van der Waals surface area (Å²) in [5.41, 5.74) is 16.2. The van der Waals surface area contributed by atoms with E-state index < -0.39 is 5.91 Å². The van der Waals surface area contributed by atoms with Crippen molar-refractivity contribution in [3.63, 3.8) is 0 Å². The number of carbonyl (C=O) groups is 1. The molecule has 12 heavy (non-hydrogen) atoms. The Hall–Kier alpha value is -1.30. The van der Waals surface area contributed by atoms with Crippen molar-refractivity contribution in [3.05, 3.63) is 16.2 Å². The maximum absolute atomic E-state index is 10.8. The van der Waals surface area contributed by atoms with E-state index in [1.165, 1.54) is 6.07 Å². The summed E-state index contributed by atoms with van der Waals surface area (Å²) in [6.07, 6.45) is 0. The van der Waals surface area contributed by atoms with Crippen LogP contribution in [0.1, 0.15) is 10.4 Å². The van der Waals surface area contributed by atoms with Gasteiger partial charge < -0.3 is 17.2 Å². The molecule has 0 spiro atoms. The maximum atomic E-state index is 10.8. The lowest BCUT2D eigenvalue weighted by atomic mass is 10.2. The van der Waals surface area contributed by atoms with Crippen molar-refractivity contribution in [2.24, 2.45) is 5.73 Å². The molecule has 0 aliphatic rings. The van der Waals surface area contributed by atoms with E-state index in [0.29, 0.717) is 0 Å². The molecule has 0 saturated heterocycles. The fraction of sp³-hybridized carbons (Fsp3) is 0.